The summed E-state index contributed by atoms with van der Waals surface area (Å²) in [6.07, 6.45) is 0. The molecule has 0 aliphatic heterocycles. The third kappa shape index (κ3) is 3.53. The van der Waals surface area contributed by atoms with Crippen LogP contribution in [0.4, 0.5) is 10.2 Å². The Morgan fingerprint density at radius 1 is 1.19 bits per heavy atom. The molecule has 0 fully saturated rings. The Morgan fingerprint density at radius 3 is 2.81 bits per heavy atom. The fourth-order valence-electron chi connectivity index (χ4n) is 2.57. The van der Waals surface area contributed by atoms with Gasteiger partial charge in [-0.05, 0) is 43.3 Å². The maximum absolute atomic E-state index is 13.4. The summed E-state index contributed by atoms with van der Waals surface area (Å²) in [6, 6.07) is 10.7. The third-order valence-electron chi connectivity index (χ3n) is 3.77. The van der Waals surface area contributed by atoms with Gasteiger partial charge in [0.15, 0.2) is 0 Å². The van der Waals surface area contributed by atoms with Gasteiger partial charge in [0.25, 0.3) is 5.91 Å². The summed E-state index contributed by atoms with van der Waals surface area (Å²) in [4.78, 5) is 17.1. The summed E-state index contributed by atoms with van der Waals surface area (Å²) < 4.78 is 15.6. The largest absolute Gasteiger partial charge is 0.306 e. The van der Waals surface area contributed by atoms with Gasteiger partial charge in [0.2, 0.25) is 5.13 Å². The molecule has 5 nitrogen and oxygen atoms in total. The molecular weight excluding hydrogens is 410 g/mol. The Morgan fingerprint density at radius 2 is 2.00 bits per heavy atom. The highest BCUT2D eigenvalue weighted by atomic mass is 35.5. The summed E-state index contributed by atoms with van der Waals surface area (Å²) in [5.74, 6) is -0.331. The number of carbonyl (C=O) groups is 1. The zero-order valence-corrected chi connectivity index (χ0v) is 16.2. The molecule has 2 aromatic heterocycles. The number of anilines is 1. The minimum absolute atomic E-state index is 0.251. The number of amides is 1. The van der Waals surface area contributed by atoms with E-state index in [-0.39, 0.29) is 16.4 Å². The van der Waals surface area contributed by atoms with Gasteiger partial charge in [-0.3, -0.25) is 4.79 Å². The number of thiazole rings is 1. The molecule has 0 saturated carbocycles. The van der Waals surface area contributed by atoms with Crippen molar-refractivity contribution in [3.05, 3.63) is 69.6 Å². The number of aromatic nitrogens is 3. The predicted molar refractivity (Wildman–Crippen MR) is 106 cm³/mol. The van der Waals surface area contributed by atoms with E-state index in [1.807, 2.05) is 0 Å². The van der Waals surface area contributed by atoms with Gasteiger partial charge >= 0.3 is 0 Å². The lowest BCUT2D eigenvalue weighted by Gasteiger charge is -2.08. The number of nitrogens with one attached hydrogen (secondary N) is 1. The number of benzene rings is 2. The fourth-order valence-corrected chi connectivity index (χ4v) is 3.90. The second kappa shape index (κ2) is 6.92. The number of nitrogens with zero attached hydrogens (tertiary/aromatic N) is 3. The van der Waals surface area contributed by atoms with E-state index >= 15 is 0 Å². The van der Waals surface area contributed by atoms with E-state index in [0.29, 0.717) is 31.9 Å². The average Bonchev–Trinajstić information content (AvgIpc) is 3.19. The van der Waals surface area contributed by atoms with Crippen LogP contribution in [0.15, 0.2) is 42.5 Å². The number of halogens is 3. The monoisotopic (exact) mass is 420 g/mol. The molecule has 0 bridgehead atoms. The van der Waals surface area contributed by atoms with Gasteiger partial charge < -0.3 is 5.32 Å². The highest BCUT2D eigenvalue weighted by Gasteiger charge is 2.17. The van der Waals surface area contributed by atoms with Gasteiger partial charge in [0.1, 0.15) is 11.6 Å². The molecule has 27 heavy (non-hydrogen) atoms. The first-order valence-electron chi connectivity index (χ1n) is 7.80. The Hall–Kier alpha value is -2.48. The Labute approximate surface area is 167 Å². The fraction of sp³-hybridized carbons (Fsp3) is 0.0556. The summed E-state index contributed by atoms with van der Waals surface area (Å²) in [5.41, 5.74) is 1.59. The molecule has 9 heteroatoms. The molecule has 0 saturated heterocycles. The lowest BCUT2D eigenvalue weighted by Crippen LogP contribution is -2.15. The Balaban J connectivity index is 1.72. The minimum atomic E-state index is -0.421. The lowest BCUT2D eigenvalue weighted by molar-refractivity contribution is 0.102. The van der Waals surface area contributed by atoms with Crippen molar-refractivity contribution in [3.8, 4) is 5.13 Å². The number of hydrogen-bond donors (Lipinski definition) is 1. The second-order valence-corrected chi connectivity index (χ2v) is 7.62. The van der Waals surface area contributed by atoms with Crippen LogP contribution in [0.1, 0.15) is 16.1 Å². The summed E-state index contributed by atoms with van der Waals surface area (Å²) in [7, 11) is 0. The molecule has 4 aromatic rings. The van der Waals surface area contributed by atoms with Crippen molar-refractivity contribution in [3.63, 3.8) is 0 Å². The van der Waals surface area contributed by atoms with E-state index in [0.717, 1.165) is 0 Å². The van der Waals surface area contributed by atoms with Crippen LogP contribution in [-0.4, -0.2) is 20.7 Å². The third-order valence-corrected chi connectivity index (χ3v) is 5.32. The Kier molecular flexibility index (Phi) is 4.59. The standard InChI is InChI=1S/C18H11Cl2FN4OS/c1-9-6-16(23-17(26)12-7-10(19)2-4-13(12)20)25(24-9)18-22-14-5-3-11(21)8-15(14)27-18/h2-8H,1H3,(H,23,26). The molecule has 1 amide bonds. The van der Waals surface area contributed by atoms with Gasteiger partial charge in [0.05, 0.1) is 26.5 Å². The maximum Gasteiger partial charge on any atom is 0.258 e. The van der Waals surface area contributed by atoms with Gasteiger partial charge in [-0.1, -0.05) is 34.5 Å². The molecule has 0 radical (unpaired) electrons. The second-order valence-electron chi connectivity index (χ2n) is 5.77. The van der Waals surface area contributed by atoms with Gasteiger partial charge in [-0.25, -0.2) is 9.37 Å². The zero-order chi connectivity index (χ0) is 19.1. The van der Waals surface area contributed by atoms with Gasteiger partial charge in [0, 0.05) is 11.1 Å². The number of fused-ring (bicyclic) bond motifs is 1. The van der Waals surface area contributed by atoms with E-state index in [1.54, 1.807) is 31.2 Å². The zero-order valence-electron chi connectivity index (χ0n) is 13.8. The van der Waals surface area contributed by atoms with Crippen molar-refractivity contribution in [2.24, 2.45) is 0 Å². The number of carbonyl (C=O) groups excluding carboxylic acids is 1. The molecular formula is C18H11Cl2FN4OS. The van der Waals surface area contributed by atoms with Crippen LogP contribution in [0.2, 0.25) is 10.0 Å². The molecule has 0 spiro atoms. The number of aryl methyl sites for hydroxylation is 1. The number of rotatable bonds is 3. The van der Waals surface area contributed by atoms with Crippen LogP contribution in [0, 0.1) is 12.7 Å². The molecule has 2 aromatic carbocycles. The average molecular weight is 421 g/mol. The van der Waals surface area contributed by atoms with E-state index in [1.165, 1.54) is 34.2 Å². The Bertz CT molecular complexity index is 1190. The van der Waals surface area contributed by atoms with Crippen LogP contribution in [0.5, 0.6) is 0 Å². The summed E-state index contributed by atoms with van der Waals surface area (Å²) in [6.45, 7) is 1.80. The van der Waals surface area contributed by atoms with Crippen LogP contribution >= 0.6 is 34.5 Å². The SMILES string of the molecule is Cc1cc(NC(=O)c2cc(Cl)ccc2Cl)n(-c2nc3ccc(F)cc3s2)n1. The maximum atomic E-state index is 13.4. The van der Waals surface area contributed by atoms with Crippen LogP contribution in [0.3, 0.4) is 0 Å². The lowest BCUT2D eigenvalue weighted by atomic mass is 10.2. The first-order valence-corrected chi connectivity index (χ1v) is 9.37. The molecule has 0 unspecified atom stereocenters. The molecule has 0 aliphatic carbocycles. The van der Waals surface area contributed by atoms with Crippen molar-refractivity contribution in [2.75, 3.05) is 5.32 Å². The van der Waals surface area contributed by atoms with E-state index in [2.05, 4.69) is 15.4 Å². The summed E-state index contributed by atoms with van der Waals surface area (Å²) in [5, 5.41) is 8.37. The highest BCUT2D eigenvalue weighted by molar-refractivity contribution is 7.20. The molecule has 1 N–H and O–H groups in total. The van der Waals surface area contributed by atoms with Crippen LogP contribution < -0.4 is 5.32 Å². The normalized spacial score (nSPS) is 11.1. The van der Waals surface area contributed by atoms with Crippen molar-refractivity contribution in [2.45, 2.75) is 6.92 Å². The van der Waals surface area contributed by atoms with Crippen molar-refractivity contribution >= 4 is 56.5 Å². The predicted octanol–water partition coefficient (Wildman–Crippen LogP) is 5.49. The molecule has 136 valence electrons. The molecule has 0 atom stereocenters. The van der Waals surface area contributed by atoms with Crippen molar-refractivity contribution in [1.29, 1.82) is 0 Å². The molecule has 4 rings (SSSR count). The van der Waals surface area contributed by atoms with E-state index in [9.17, 15) is 9.18 Å². The highest BCUT2D eigenvalue weighted by Crippen LogP contribution is 2.28. The molecule has 2 heterocycles. The summed E-state index contributed by atoms with van der Waals surface area (Å²) >= 11 is 13.3. The first-order chi connectivity index (χ1) is 12.9. The van der Waals surface area contributed by atoms with Crippen LogP contribution in [0.25, 0.3) is 15.3 Å². The van der Waals surface area contributed by atoms with Gasteiger partial charge in [-0.15, -0.1) is 0 Å². The number of hydrogen-bond acceptors (Lipinski definition) is 4. The van der Waals surface area contributed by atoms with E-state index in [4.69, 9.17) is 23.2 Å². The van der Waals surface area contributed by atoms with Crippen LogP contribution in [-0.2, 0) is 0 Å². The van der Waals surface area contributed by atoms with Gasteiger partial charge in [-0.2, -0.15) is 9.78 Å². The quantitative estimate of drug-likeness (QED) is 0.476. The minimum Gasteiger partial charge on any atom is -0.306 e. The topological polar surface area (TPSA) is 59.8 Å². The first kappa shape index (κ1) is 17.9. The smallest absolute Gasteiger partial charge is 0.258 e. The van der Waals surface area contributed by atoms with Crippen molar-refractivity contribution < 1.29 is 9.18 Å². The van der Waals surface area contributed by atoms with Crippen molar-refractivity contribution in [1.82, 2.24) is 14.8 Å². The van der Waals surface area contributed by atoms with E-state index < -0.39 is 5.91 Å². The molecule has 0 aliphatic rings.